The second-order valence-corrected chi connectivity index (χ2v) is 12.9. The van der Waals surface area contributed by atoms with Gasteiger partial charge in [0, 0.05) is 33.2 Å². The van der Waals surface area contributed by atoms with E-state index < -0.39 is 0 Å². The number of aromatic hydroxyl groups is 1. The Kier molecular flexibility index (Phi) is 10.6. The number of aliphatic hydroxyl groups is 1. The molecule has 0 aromatic heterocycles. The summed E-state index contributed by atoms with van der Waals surface area (Å²) in [4.78, 5) is 14.0. The molecule has 0 saturated heterocycles. The molecule has 5 nitrogen and oxygen atoms in total. The van der Waals surface area contributed by atoms with Gasteiger partial charge in [-0.15, -0.1) is 0 Å². The lowest BCUT2D eigenvalue weighted by molar-refractivity contribution is -0.130. The molecule has 0 heterocycles. The predicted octanol–water partition coefficient (Wildman–Crippen LogP) is 6.84. The number of rotatable bonds is 14. The van der Waals surface area contributed by atoms with Crippen LogP contribution < -0.4 is 0 Å². The zero-order valence-corrected chi connectivity index (χ0v) is 24.3. The summed E-state index contributed by atoms with van der Waals surface area (Å²) in [5, 5.41) is 21.0. The van der Waals surface area contributed by atoms with Gasteiger partial charge in [0.15, 0.2) is 0 Å². The first-order valence-electron chi connectivity index (χ1n) is 15.7. The Morgan fingerprint density at radius 1 is 1.08 bits per heavy atom. The Hall–Kier alpha value is -1.59. The van der Waals surface area contributed by atoms with Crippen molar-refractivity contribution in [3.8, 4) is 5.75 Å². The van der Waals surface area contributed by atoms with Crippen LogP contribution >= 0.6 is 0 Å². The van der Waals surface area contributed by atoms with Crippen LogP contribution in [-0.4, -0.2) is 53.9 Å². The van der Waals surface area contributed by atoms with Gasteiger partial charge >= 0.3 is 0 Å². The number of benzene rings is 1. The van der Waals surface area contributed by atoms with Crippen LogP contribution in [0.4, 0.5) is 0 Å². The minimum atomic E-state index is -0.149. The standard InChI is InChI=1S/C33H53NO4/c1-4-5-19-34(3)31(37)12-7-6-9-20-38-21-10-8-11-24-22-25-23-26(35)13-14-27(25)28-17-18-33(2)29(32(24)28)15-16-30(33)36/h13-14,23-24,28-30,32,35-36H,4-12,15-22H2,1-3H3/t24-,28?,29?,30+,32?,33+/m1/s1. The Morgan fingerprint density at radius 2 is 1.87 bits per heavy atom. The van der Waals surface area contributed by atoms with Gasteiger partial charge in [-0.2, -0.15) is 0 Å². The van der Waals surface area contributed by atoms with Crippen molar-refractivity contribution in [2.24, 2.45) is 23.2 Å². The van der Waals surface area contributed by atoms with Gasteiger partial charge in [0.2, 0.25) is 5.91 Å². The molecular formula is C33H53NO4. The highest BCUT2D eigenvalue weighted by Gasteiger charge is 2.56. The Morgan fingerprint density at radius 3 is 2.66 bits per heavy atom. The molecule has 0 radical (unpaired) electrons. The fourth-order valence-electron chi connectivity index (χ4n) is 8.11. The minimum Gasteiger partial charge on any atom is -0.508 e. The van der Waals surface area contributed by atoms with Crippen LogP contribution in [0.5, 0.6) is 5.75 Å². The molecule has 0 aliphatic heterocycles. The number of nitrogens with zero attached hydrogens (tertiary/aromatic N) is 1. The zero-order valence-electron chi connectivity index (χ0n) is 24.3. The molecule has 214 valence electrons. The number of aliphatic hydroxyl groups excluding tert-OH is 1. The molecule has 0 bridgehead atoms. The van der Waals surface area contributed by atoms with E-state index in [2.05, 4.69) is 19.9 Å². The second kappa shape index (κ2) is 13.7. The first-order chi connectivity index (χ1) is 18.3. The zero-order chi connectivity index (χ0) is 27.1. The predicted molar refractivity (Wildman–Crippen MR) is 153 cm³/mol. The number of phenolic OH excluding ortho intramolecular Hbond substituents is 1. The maximum absolute atomic E-state index is 12.1. The number of carbonyl (C=O) groups excluding carboxylic acids is 1. The molecule has 2 saturated carbocycles. The quantitative estimate of drug-likeness (QED) is 0.260. The highest BCUT2D eigenvalue weighted by molar-refractivity contribution is 5.75. The van der Waals surface area contributed by atoms with Crippen molar-refractivity contribution in [2.45, 2.75) is 116 Å². The first-order valence-corrected chi connectivity index (χ1v) is 15.7. The van der Waals surface area contributed by atoms with E-state index >= 15 is 0 Å². The van der Waals surface area contributed by atoms with Crippen molar-refractivity contribution in [3.63, 3.8) is 0 Å². The van der Waals surface area contributed by atoms with Gasteiger partial charge in [-0.25, -0.2) is 0 Å². The van der Waals surface area contributed by atoms with Crippen molar-refractivity contribution in [1.29, 1.82) is 0 Å². The third-order valence-electron chi connectivity index (χ3n) is 10.4. The Labute approximate surface area is 231 Å². The fourth-order valence-corrected chi connectivity index (χ4v) is 8.11. The molecule has 0 spiro atoms. The monoisotopic (exact) mass is 527 g/mol. The molecule has 38 heavy (non-hydrogen) atoms. The van der Waals surface area contributed by atoms with E-state index in [1.165, 1.54) is 24.0 Å². The summed E-state index contributed by atoms with van der Waals surface area (Å²) in [5.74, 6) is 3.11. The molecule has 6 atom stereocenters. The molecule has 1 aromatic rings. The van der Waals surface area contributed by atoms with Crippen LogP contribution in [0.2, 0.25) is 0 Å². The molecule has 3 unspecified atom stereocenters. The van der Waals surface area contributed by atoms with Crippen LogP contribution in [0, 0.1) is 23.2 Å². The minimum absolute atomic E-state index is 0.0759. The van der Waals surface area contributed by atoms with Crippen LogP contribution in [0.25, 0.3) is 0 Å². The van der Waals surface area contributed by atoms with E-state index in [1.807, 2.05) is 24.1 Å². The summed E-state index contributed by atoms with van der Waals surface area (Å²) in [6.45, 7) is 6.99. The maximum Gasteiger partial charge on any atom is 0.222 e. The van der Waals surface area contributed by atoms with Gasteiger partial charge < -0.3 is 19.8 Å². The molecule has 1 aromatic carbocycles. The third-order valence-corrected chi connectivity index (χ3v) is 10.4. The van der Waals surface area contributed by atoms with E-state index in [4.69, 9.17) is 4.74 Å². The van der Waals surface area contributed by atoms with Crippen molar-refractivity contribution in [1.82, 2.24) is 4.90 Å². The summed E-state index contributed by atoms with van der Waals surface area (Å²) in [6, 6.07) is 6.06. The van der Waals surface area contributed by atoms with Crippen LogP contribution in [0.1, 0.15) is 114 Å². The average Bonchev–Trinajstić information content (AvgIpc) is 3.21. The molecule has 5 heteroatoms. The third kappa shape index (κ3) is 6.75. The number of carbonyl (C=O) groups is 1. The van der Waals surface area contributed by atoms with E-state index in [1.54, 1.807) is 0 Å². The number of amides is 1. The Balaban J connectivity index is 1.19. The maximum atomic E-state index is 12.1. The van der Waals surface area contributed by atoms with Crippen LogP contribution in [0.15, 0.2) is 18.2 Å². The van der Waals surface area contributed by atoms with Gasteiger partial charge in [0.1, 0.15) is 5.75 Å². The van der Waals surface area contributed by atoms with Crippen LogP contribution in [0.3, 0.4) is 0 Å². The van der Waals surface area contributed by atoms with Gasteiger partial charge in [0.25, 0.3) is 0 Å². The molecule has 3 aliphatic carbocycles. The normalized spacial score (nSPS) is 29.9. The van der Waals surface area contributed by atoms with Crippen LogP contribution in [-0.2, 0) is 16.0 Å². The number of phenols is 1. The summed E-state index contributed by atoms with van der Waals surface area (Å²) >= 11 is 0. The largest absolute Gasteiger partial charge is 0.508 e. The topological polar surface area (TPSA) is 70.0 Å². The van der Waals surface area contributed by atoms with Crippen molar-refractivity contribution < 1.29 is 19.7 Å². The van der Waals surface area contributed by atoms with Crippen molar-refractivity contribution in [3.05, 3.63) is 29.3 Å². The van der Waals surface area contributed by atoms with Gasteiger partial charge in [-0.3, -0.25) is 4.79 Å². The summed E-state index contributed by atoms with van der Waals surface area (Å²) in [5.41, 5.74) is 2.89. The van der Waals surface area contributed by atoms with E-state index in [0.717, 1.165) is 90.4 Å². The lowest BCUT2D eigenvalue weighted by Crippen LogP contribution is -2.47. The lowest BCUT2D eigenvalue weighted by Gasteiger charge is -2.53. The SMILES string of the molecule is CCCCN(C)C(=O)CCCCCOCCCC[C@@H]1Cc2cc(O)ccc2C2CC[C@@]3(C)C(CC[C@@H]3O)C21. The number of hydrogen-bond donors (Lipinski definition) is 2. The highest BCUT2D eigenvalue weighted by Crippen LogP contribution is 2.62. The summed E-state index contributed by atoms with van der Waals surface area (Å²) in [6.07, 6.45) is 14.7. The highest BCUT2D eigenvalue weighted by atomic mass is 16.5. The smallest absolute Gasteiger partial charge is 0.222 e. The van der Waals surface area contributed by atoms with Gasteiger partial charge in [-0.1, -0.05) is 39.2 Å². The summed E-state index contributed by atoms with van der Waals surface area (Å²) in [7, 11) is 1.92. The number of ether oxygens (including phenoxy) is 1. The fraction of sp³-hybridized carbons (Fsp3) is 0.788. The number of unbranched alkanes of at least 4 members (excludes halogenated alkanes) is 4. The van der Waals surface area contributed by atoms with Crippen molar-refractivity contribution >= 4 is 5.91 Å². The molecule has 2 fully saturated rings. The number of hydrogen-bond acceptors (Lipinski definition) is 4. The Bertz CT molecular complexity index is 903. The second-order valence-electron chi connectivity index (χ2n) is 12.9. The average molecular weight is 528 g/mol. The van der Waals surface area contributed by atoms with E-state index in [9.17, 15) is 15.0 Å². The lowest BCUT2D eigenvalue weighted by atomic mass is 9.52. The molecule has 3 aliphatic rings. The molecule has 2 N–H and O–H groups in total. The summed E-state index contributed by atoms with van der Waals surface area (Å²) < 4.78 is 5.95. The van der Waals surface area contributed by atoms with Gasteiger partial charge in [0.05, 0.1) is 6.10 Å². The van der Waals surface area contributed by atoms with E-state index in [0.29, 0.717) is 35.8 Å². The molecule has 1 amide bonds. The van der Waals surface area contributed by atoms with Crippen molar-refractivity contribution in [2.75, 3.05) is 26.8 Å². The molecule has 4 rings (SSSR count). The number of fused-ring (bicyclic) bond motifs is 5. The van der Waals surface area contributed by atoms with Gasteiger partial charge in [-0.05, 0) is 117 Å². The first kappa shape index (κ1) is 29.4. The van der Waals surface area contributed by atoms with E-state index in [-0.39, 0.29) is 17.4 Å². The molecular weight excluding hydrogens is 474 g/mol.